The first kappa shape index (κ1) is 20.2. The number of hydrogen-bond acceptors (Lipinski definition) is 5. The number of benzene rings is 2. The summed E-state index contributed by atoms with van der Waals surface area (Å²) >= 11 is 0. The van der Waals surface area contributed by atoms with Gasteiger partial charge in [-0.2, -0.15) is 0 Å². The third-order valence-corrected chi connectivity index (χ3v) is 6.26. The highest BCUT2D eigenvalue weighted by Crippen LogP contribution is 2.37. The number of methoxy groups -OCH3 is 1. The van der Waals surface area contributed by atoms with Crippen LogP contribution in [0.25, 0.3) is 0 Å². The number of ketones is 1. The van der Waals surface area contributed by atoms with Crippen molar-refractivity contribution in [3.05, 3.63) is 59.2 Å². The fraction of sp³-hybridized carbons (Fsp3) is 0.350. The molecule has 1 N–H and O–H groups in total. The maximum Gasteiger partial charge on any atom is 0.392 e. The molecule has 0 aromatic heterocycles. The first-order chi connectivity index (χ1) is 12.6. The topological polar surface area (TPSA) is 65.0 Å². The van der Waals surface area contributed by atoms with E-state index >= 15 is 0 Å². The van der Waals surface area contributed by atoms with Gasteiger partial charge >= 0.3 is 9.28 Å². The molecule has 0 aliphatic rings. The van der Waals surface area contributed by atoms with Crippen LogP contribution in [0, 0.1) is 0 Å². The van der Waals surface area contributed by atoms with E-state index in [4.69, 9.17) is 13.6 Å². The molecule has 5 nitrogen and oxygen atoms in total. The van der Waals surface area contributed by atoms with Gasteiger partial charge in [-0.1, -0.05) is 43.7 Å². The zero-order valence-corrected chi connectivity index (χ0v) is 16.6. The van der Waals surface area contributed by atoms with Crippen LogP contribution >= 0.6 is 0 Å². The zero-order valence-electron chi connectivity index (χ0n) is 15.6. The van der Waals surface area contributed by atoms with Crippen molar-refractivity contribution < 1.29 is 23.5 Å². The van der Waals surface area contributed by atoms with Crippen molar-refractivity contribution in [1.82, 2.24) is 0 Å². The molecule has 1 radical (unpaired) electrons. The molecule has 0 bridgehead atoms. The van der Waals surface area contributed by atoms with Crippen molar-refractivity contribution >= 4 is 15.1 Å². The second kappa shape index (κ2) is 9.52. The van der Waals surface area contributed by atoms with Gasteiger partial charge < -0.3 is 18.7 Å². The number of rotatable bonds is 9. The third-order valence-electron chi connectivity index (χ3n) is 4.26. The molecule has 2 aromatic rings. The average Bonchev–Trinajstić information content (AvgIpc) is 2.68. The van der Waals surface area contributed by atoms with E-state index < -0.39 is 9.28 Å². The predicted octanol–water partition coefficient (Wildman–Crippen LogP) is 3.84. The maximum atomic E-state index is 12.9. The molecule has 2 aromatic carbocycles. The molecule has 0 heterocycles. The SMILES string of the molecule is CCCC(c1cc(OC)c(O)c(C(=O)c2ccccc2)c1)[Si](OC)OC. The Morgan fingerprint density at radius 3 is 2.31 bits per heavy atom. The summed E-state index contributed by atoms with van der Waals surface area (Å²) in [6.07, 6.45) is 1.79. The smallest absolute Gasteiger partial charge is 0.392 e. The fourth-order valence-electron chi connectivity index (χ4n) is 2.98. The minimum atomic E-state index is -1.57. The molecule has 6 heteroatoms. The van der Waals surface area contributed by atoms with Gasteiger partial charge in [-0.3, -0.25) is 4.79 Å². The molecule has 0 aliphatic carbocycles. The van der Waals surface area contributed by atoms with Crippen LogP contribution < -0.4 is 4.74 Å². The third kappa shape index (κ3) is 4.33. The first-order valence-electron chi connectivity index (χ1n) is 8.52. The molecule has 26 heavy (non-hydrogen) atoms. The van der Waals surface area contributed by atoms with E-state index in [1.54, 1.807) is 50.6 Å². The van der Waals surface area contributed by atoms with Crippen LogP contribution in [-0.2, 0) is 8.85 Å². The van der Waals surface area contributed by atoms with Crippen LogP contribution in [0.1, 0.15) is 46.8 Å². The molecular weight excluding hydrogens is 348 g/mol. The number of phenols is 1. The van der Waals surface area contributed by atoms with Crippen molar-refractivity contribution in [1.29, 1.82) is 0 Å². The number of phenolic OH excluding ortho intramolecular Hbond substituents is 1. The van der Waals surface area contributed by atoms with Gasteiger partial charge in [0.15, 0.2) is 17.3 Å². The lowest BCUT2D eigenvalue weighted by Gasteiger charge is -2.23. The normalized spacial score (nSPS) is 12.2. The van der Waals surface area contributed by atoms with Gasteiger partial charge in [0, 0.05) is 25.3 Å². The van der Waals surface area contributed by atoms with Gasteiger partial charge in [0.05, 0.1) is 12.7 Å². The average molecular weight is 374 g/mol. The quantitative estimate of drug-likeness (QED) is 0.534. The van der Waals surface area contributed by atoms with E-state index in [0.717, 1.165) is 18.4 Å². The Labute approximate surface area is 156 Å². The lowest BCUT2D eigenvalue weighted by Crippen LogP contribution is -2.29. The van der Waals surface area contributed by atoms with Gasteiger partial charge in [0.2, 0.25) is 0 Å². The maximum absolute atomic E-state index is 12.9. The van der Waals surface area contributed by atoms with Gasteiger partial charge in [0.1, 0.15) is 0 Å². The summed E-state index contributed by atoms with van der Waals surface area (Å²) in [4.78, 5) is 12.9. The highest BCUT2D eigenvalue weighted by molar-refractivity contribution is 6.46. The number of ether oxygens (including phenoxy) is 1. The Hall–Kier alpha value is -2.15. The molecule has 1 unspecified atom stereocenters. The highest BCUT2D eigenvalue weighted by atomic mass is 28.3. The Bertz CT molecular complexity index is 728. The predicted molar refractivity (Wildman–Crippen MR) is 102 cm³/mol. The van der Waals surface area contributed by atoms with E-state index in [2.05, 4.69) is 6.92 Å². The summed E-state index contributed by atoms with van der Waals surface area (Å²) < 4.78 is 16.4. The molecule has 0 fully saturated rings. The summed E-state index contributed by atoms with van der Waals surface area (Å²) in [5.74, 6) is -0.123. The van der Waals surface area contributed by atoms with Gasteiger partial charge in [-0.05, 0) is 24.1 Å². The molecule has 1 atom stereocenters. The minimum absolute atomic E-state index is 0.0109. The van der Waals surface area contributed by atoms with E-state index in [1.165, 1.54) is 7.11 Å². The summed E-state index contributed by atoms with van der Waals surface area (Å²) in [5.41, 5.74) is 1.62. The van der Waals surface area contributed by atoms with Crippen LogP contribution in [0.5, 0.6) is 11.5 Å². The lowest BCUT2D eigenvalue weighted by molar-refractivity contribution is 0.103. The lowest BCUT2D eigenvalue weighted by atomic mass is 9.97. The standard InChI is InChI=1S/C20H25O5Si/c1-5-9-18(26(24-3)25-4)15-12-16(20(22)17(13-15)23-2)19(21)14-10-7-6-8-11-14/h6-8,10-13,18,22H,5,9H2,1-4H3. The molecule has 0 amide bonds. The first-order valence-corrected chi connectivity index (χ1v) is 9.92. The van der Waals surface area contributed by atoms with E-state index in [-0.39, 0.29) is 28.4 Å². The van der Waals surface area contributed by atoms with Crippen LogP contribution in [0.3, 0.4) is 0 Å². The Kier molecular flexibility index (Phi) is 7.38. The Morgan fingerprint density at radius 1 is 1.12 bits per heavy atom. The zero-order chi connectivity index (χ0) is 19.1. The van der Waals surface area contributed by atoms with E-state index in [1.807, 2.05) is 6.07 Å². The molecule has 0 saturated heterocycles. The molecule has 0 spiro atoms. The fourth-order valence-corrected chi connectivity index (χ4v) is 4.68. The van der Waals surface area contributed by atoms with Gasteiger partial charge in [-0.15, -0.1) is 0 Å². The summed E-state index contributed by atoms with van der Waals surface area (Å²) in [5, 5.41) is 10.5. The van der Waals surface area contributed by atoms with Crippen molar-refractivity contribution in [2.24, 2.45) is 0 Å². The number of carbonyl (C=O) groups is 1. The second-order valence-corrected chi connectivity index (χ2v) is 8.03. The second-order valence-electron chi connectivity index (χ2n) is 5.88. The van der Waals surface area contributed by atoms with Crippen molar-refractivity contribution in [3.63, 3.8) is 0 Å². The number of carbonyl (C=O) groups excluding carboxylic acids is 1. The van der Waals surface area contributed by atoms with Gasteiger partial charge in [0.25, 0.3) is 0 Å². The molecule has 0 aliphatic heterocycles. The van der Waals surface area contributed by atoms with Crippen LogP contribution in [-0.4, -0.2) is 41.5 Å². The van der Waals surface area contributed by atoms with Gasteiger partial charge in [-0.25, -0.2) is 0 Å². The van der Waals surface area contributed by atoms with Crippen molar-refractivity contribution in [2.45, 2.75) is 25.3 Å². The molecule has 2 rings (SSSR count). The van der Waals surface area contributed by atoms with E-state index in [0.29, 0.717) is 5.56 Å². The molecule has 139 valence electrons. The summed E-state index contributed by atoms with van der Waals surface area (Å²) in [6.45, 7) is 2.09. The van der Waals surface area contributed by atoms with E-state index in [9.17, 15) is 9.90 Å². The number of hydrogen-bond donors (Lipinski definition) is 1. The van der Waals surface area contributed by atoms with Crippen molar-refractivity contribution in [2.75, 3.05) is 21.3 Å². The monoisotopic (exact) mass is 373 g/mol. The Balaban J connectivity index is 2.56. The highest BCUT2D eigenvalue weighted by Gasteiger charge is 2.30. The van der Waals surface area contributed by atoms with Crippen LogP contribution in [0.2, 0.25) is 0 Å². The van der Waals surface area contributed by atoms with Crippen molar-refractivity contribution in [3.8, 4) is 11.5 Å². The number of aromatic hydroxyl groups is 1. The largest absolute Gasteiger partial charge is 0.504 e. The Morgan fingerprint density at radius 2 is 1.77 bits per heavy atom. The van der Waals surface area contributed by atoms with Crippen LogP contribution in [0.4, 0.5) is 0 Å². The van der Waals surface area contributed by atoms with Crippen LogP contribution in [0.15, 0.2) is 42.5 Å². The molecule has 0 saturated carbocycles. The summed E-state index contributed by atoms with van der Waals surface area (Å²) in [6, 6.07) is 12.4. The summed E-state index contributed by atoms with van der Waals surface area (Å²) in [7, 11) is 3.17. The minimum Gasteiger partial charge on any atom is -0.504 e. The molecular formula is C20H25O5Si.